The van der Waals surface area contributed by atoms with Crippen molar-refractivity contribution in [1.29, 1.82) is 0 Å². The number of phenolic OH excluding ortho intramolecular Hbond substituents is 5. The van der Waals surface area contributed by atoms with E-state index in [-0.39, 0.29) is 49.4 Å². The number of benzene rings is 7. The fraction of sp³-hybridized carbons (Fsp3) is 0.155. The molecule has 8 unspecified atom stereocenters. The number of rotatable bonds is 3. The summed E-state index contributed by atoms with van der Waals surface area (Å²) in [5.74, 6) is -15.9. The second-order valence-electron chi connectivity index (χ2n) is 20.4. The molecule has 0 aromatic heterocycles. The number of carboxylic acids is 1. The normalized spacial score (nSPS) is 21.6. The van der Waals surface area contributed by atoms with Crippen LogP contribution in [-0.4, -0.2) is 133 Å². The van der Waals surface area contributed by atoms with Gasteiger partial charge in [0.2, 0.25) is 41.1 Å². The van der Waals surface area contributed by atoms with E-state index in [1.54, 1.807) is 0 Å². The molecule has 13 rings (SSSR count). The molecule has 0 radical (unpaired) electrons. The van der Waals surface area contributed by atoms with Crippen LogP contribution >= 0.6 is 34.8 Å². The molecule has 8 atom stereocenters. The van der Waals surface area contributed by atoms with E-state index in [9.17, 15) is 84.1 Å². The number of fused-ring (bicyclic) bond motifs is 12. The lowest BCUT2D eigenvalue weighted by molar-refractivity contribution is -0.138. The molecule has 6 aliphatic rings. The lowest BCUT2D eigenvalue weighted by Crippen LogP contribution is -2.31. The van der Waals surface area contributed by atoms with Crippen LogP contribution in [0, 0.1) is 0 Å². The number of ether oxygens (including phenoxy) is 3. The molecule has 7 aromatic carbocycles. The number of carbonyl (C=O) groups is 1. The van der Waals surface area contributed by atoms with Crippen LogP contribution < -0.4 is 24.1 Å². The summed E-state index contributed by atoms with van der Waals surface area (Å²) in [4.78, 5) is 38.8. The highest BCUT2D eigenvalue weighted by molar-refractivity contribution is 7.81. The van der Waals surface area contributed by atoms with E-state index in [0.29, 0.717) is 0 Å². The van der Waals surface area contributed by atoms with Crippen LogP contribution in [0.2, 0.25) is 15.1 Å². The molecule has 0 fully saturated rings. The maximum Gasteiger partial charge on any atom is 0.446 e. The maximum absolute atomic E-state index is 13.1. The van der Waals surface area contributed by atoms with Gasteiger partial charge in [-0.2, -0.15) is 8.42 Å². The highest BCUT2D eigenvalue weighted by Gasteiger charge is 2.38. The Hall–Kier alpha value is -10.3. The van der Waals surface area contributed by atoms with Crippen molar-refractivity contribution in [3.8, 4) is 80.1 Å². The van der Waals surface area contributed by atoms with Gasteiger partial charge in [-0.3, -0.25) is 4.55 Å². The molecule has 6 heterocycles. The van der Waals surface area contributed by atoms with Crippen LogP contribution in [0.25, 0.3) is 11.1 Å². The monoisotopic (exact) mass is 1310 g/mol. The number of phenols is 5. The first-order valence-electron chi connectivity index (χ1n) is 26.1. The van der Waals surface area contributed by atoms with E-state index in [0.717, 1.165) is 72.8 Å². The standard InChI is InChI=1S/C58H44Cl3N7O21S/c59-31-7-20-1-4-36(31)87-40-15-25-16-41(51(40)74)88-37-5-3-22(12-32(37)60)49(72)48-57(80)67-47(58(81)82)29-18-27(70)19-35(71)42(29)30-11-24(13-33(61)50(30)73)45(56(79)68-48)65-55(78)46(25)66-54(77)44-23-9-26(69)17-28(10-23)86-39-14-21(2-6-38(39)89-90(83,84)85)43(62)53(76)63-34(8-20)52(75)64-44/h1-7,9-19,34,43-49,69-74H,8,62H2,(H,63,76)(H,64,75)(H,65,78)(H,66,77)(H,67,80)(H,68,79)(H,81,82)(H,83,84,85). The molecule has 0 saturated heterocycles. The number of carboxylic acid groups (broad SMARTS) is 1. The molecule has 464 valence electrons. The molecule has 7 aromatic rings. The lowest BCUT2D eigenvalue weighted by Gasteiger charge is -2.25. The number of nitrogens with zero attached hydrogens (tertiary/aromatic N) is 6. The fourth-order valence-corrected chi connectivity index (χ4v) is 11.2. The van der Waals surface area contributed by atoms with Gasteiger partial charge < -0.3 is 90.5 Å². The highest BCUT2D eigenvalue weighted by Crippen LogP contribution is 2.50. The summed E-state index contributed by atoms with van der Waals surface area (Å²) in [6.07, 6.45) is -2.56. The molecule has 16 N–H and O–H groups in total. The van der Waals surface area contributed by atoms with Crippen LogP contribution in [0.1, 0.15) is 75.3 Å². The van der Waals surface area contributed by atoms with Crippen molar-refractivity contribution in [1.82, 2.24) is 0 Å². The zero-order valence-corrected chi connectivity index (χ0v) is 48.2. The Bertz CT molecular complexity index is 4490. The number of aliphatic hydroxyl groups is 7. The van der Waals surface area contributed by atoms with Crippen molar-refractivity contribution < 1.29 is 103 Å². The van der Waals surface area contributed by atoms with Crippen molar-refractivity contribution in [2.75, 3.05) is 0 Å². The first-order valence-corrected chi connectivity index (χ1v) is 28.6. The van der Waals surface area contributed by atoms with Gasteiger partial charge in [0, 0.05) is 35.2 Å². The van der Waals surface area contributed by atoms with Gasteiger partial charge >= 0.3 is 16.4 Å². The van der Waals surface area contributed by atoms with Gasteiger partial charge in [-0.15, -0.1) is 0 Å². The topological polar surface area (TPSA) is 472 Å². The van der Waals surface area contributed by atoms with Gasteiger partial charge in [-0.25, -0.2) is 34.7 Å². The van der Waals surface area contributed by atoms with Gasteiger partial charge in [0.15, 0.2) is 53.2 Å². The van der Waals surface area contributed by atoms with Gasteiger partial charge in [0.25, 0.3) is 0 Å². The molecule has 6 aliphatic heterocycles. The zero-order valence-electron chi connectivity index (χ0n) is 45.1. The number of halogens is 3. The van der Waals surface area contributed by atoms with E-state index in [1.807, 2.05) is 0 Å². The van der Waals surface area contributed by atoms with E-state index in [2.05, 4.69) is 30.0 Å². The Labute approximate surface area is 520 Å². The lowest BCUT2D eigenvalue weighted by atomic mass is 9.90. The fourth-order valence-electron chi connectivity index (χ4n) is 10.1. The summed E-state index contributed by atoms with van der Waals surface area (Å²) in [5, 5.41) is 153. The van der Waals surface area contributed by atoms with Gasteiger partial charge in [0.1, 0.15) is 58.4 Å². The minimum Gasteiger partial charge on any atom is -0.508 e. The van der Waals surface area contributed by atoms with Crippen molar-refractivity contribution in [3.63, 3.8) is 0 Å². The van der Waals surface area contributed by atoms with Crippen molar-refractivity contribution in [3.05, 3.63) is 163 Å². The third-order valence-electron chi connectivity index (χ3n) is 14.3. The minimum absolute atomic E-state index is 0.0195. The molecule has 0 aliphatic carbocycles. The Balaban J connectivity index is 1.23. The summed E-state index contributed by atoms with van der Waals surface area (Å²) in [7, 11) is -5.25. The van der Waals surface area contributed by atoms with Gasteiger partial charge in [-0.05, 0) is 112 Å². The molecule has 0 spiro atoms. The van der Waals surface area contributed by atoms with Gasteiger partial charge in [-0.1, -0.05) is 53.0 Å². The molecule has 90 heavy (non-hydrogen) atoms. The number of hydrogen-bond donors (Lipinski definition) is 15. The predicted molar refractivity (Wildman–Crippen MR) is 322 cm³/mol. The molecular weight excluding hydrogens is 1270 g/mol. The number of aromatic hydroxyl groups is 5. The Morgan fingerprint density at radius 1 is 0.533 bits per heavy atom. The predicted octanol–water partition coefficient (Wildman–Crippen LogP) is 10.2. The van der Waals surface area contributed by atoms with Crippen LogP contribution in [0.5, 0.6) is 69.0 Å². The zero-order chi connectivity index (χ0) is 64.5. The summed E-state index contributed by atoms with van der Waals surface area (Å²) in [5.41, 5.74) is 3.69. The largest absolute Gasteiger partial charge is 0.508 e. The molecule has 28 nitrogen and oxygen atoms in total. The first kappa shape index (κ1) is 61.4. The molecule has 0 amide bonds. The minimum atomic E-state index is -5.25. The van der Waals surface area contributed by atoms with E-state index >= 15 is 0 Å². The molecule has 0 saturated carbocycles. The Morgan fingerprint density at radius 3 is 1.73 bits per heavy atom. The Morgan fingerprint density at radius 2 is 1.10 bits per heavy atom. The Kier molecular flexibility index (Phi) is 16.2. The van der Waals surface area contributed by atoms with Crippen LogP contribution in [0.3, 0.4) is 0 Å². The van der Waals surface area contributed by atoms with Crippen molar-refractivity contribution >= 4 is 86.6 Å². The van der Waals surface area contributed by atoms with Crippen LogP contribution in [0.4, 0.5) is 0 Å². The SMILES string of the molecule is NC1C(O)=NC2Cc3ccc(c(Cl)c3)Oc3cc4cc(c3O)Oc3ccc(cc3Cl)C(O)C3N=C(O)C(N=C(O)C4N=C(O)C(N=C2O)c2cc(O)cc(c2)Oc2cc1ccc2OS(=O)(=O)O)c1cc(Cl)c(O)c(c1)-c1c(O)cc(O)cc1C(C(=O)O)N=C3O. The summed E-state index contributed by atoms with van der Waals surface area (Å²) >= 11 is 20.4. The number of nitrogens with two attached hydrogens (primary N) is 1. The molecular formula is C58H44Cl3N7O21S. The third-order valence-corrected chi connectivity index (χ3v) is 15.6. The maximum atomic E-state index is 13.1. The smallest absolute Gasteiger partial charge is 0.446 e. The average molecular weight is 1310 g/mol. The van der Waals surface area contributed by atoms with E-state index in [1.165, 1.54) is 36.4 Å². The summed E-state index contributed by atoms with van der Waals surface area (Å²) in [6.45, 7) is 0. The first-order chi connectivity index (χ1) is 42.6. The quantitative estimate of drug-likeness (QED) is 0.0731. The highest BCUT2D eigenvalue weighted by atomic mass is 35.5. The number of hydrogen-bond acceptors (Lipinski definition) is 20. The second-order valence-corrected chi connectivity index (χ2v) is 22.6. The average Bonchev–Trinajstić information content (AvgIpc) is 0.775. The van der Waals surface area contributed by atoms with Crippen molar-refractivity contribution in [2.24, 2.45) is 35.7 Å². The van der Waals surface area contributed by atoms with Crippen LogP contribution in [-0.2, 0) is 21.6 Å². The molecule has 32 heteroatoms. The summed E-state index contributed by atoms with van der Waals surface area (Å²) < 4.78 is 57.0. The number of aliphatic carboxylic acids is 1. The van der Waals surface area contributed by atoms with Crippen molar-refractivity contribution in [2.45, 2.75) is 54.8 Å². The van der Waals surface area contributed by atoms with E-state index in [4.69, 9.17) is 58.9 Å². The van der Waals surface area contributed by atoms with E-state index < -0.39 is 191 Å². The number of aliphatic hydroxyl groups excluding tert-OH is 7. The van der Waals surface area contributed by atoms with Crippen LogP contribution in [0.15, 0.2) is 139 Å². The summed E-state index contributed by atoms with van der Waals surface area (Å²) in [6, 6.07) is 5.15. The number of aliphatic imine (C=N–C) groups is 6. The van der Waals surface area contributed by atoms with Gasteiger partial charge in [0.05, 0.1) is 15.1 Å². The third kappa shape index (κ3) is 12.2. The second kappa shape index (κ2) is 23.7. The molecule has 17 bridgehead atoms.